The first-order chi connectivity index (χ1) is 8.29. The van der Waals surface area contributed by atoms with Gasteiger partial charge in [0, 0.05) is 12.1 Å². The monoisotopic (exact) mass is 224 g/mol. The van der Waals surface area contributed by atoms with Crippen molar-refractivity contribution in [2.24, 2.45) is 0 Å². The van der Waals surface area contributed by atoms with Gasteiger partial charge >= 0.3 is 0 Å². The third-order valence-corrected chi connectivity index (χ3v) is 3.06. The Kier molecular flexibility index (Phi) is 2.12. The van der Waals surface area contributed by atoms with E-state index in [1.165, 1.54) is 12.8 Å². The predicted molar refractivity (Wildman–Crippen MR) is 64.7 cm³/mol. The molecule has 4 nitrogen and oxygen atoms in total. The van der Waals surface area contributed by atoms with Gasteiger partial charge in [-0.3, -0.25) is 0 Å². The van der Waals surface area contributed by atoms with Crippen molar-refractivity contribution in [3.05, 3.63) is 41.7 Å². The molecule has 1 aromatic carbocycles. The Balaban J connectivity index is 2.05. The third kappa shape index (κ3) is 1.66. The number of nitrogens with two attached hydrogens (primary N) is 1. The summed E-state index contributed by atoms with van der Waals surface area (Å²) in [7, 11) is 0. The number of benzene rings is 1. The molecule has 1 saturated carbocycles. The standard InChI is InChI=1S/C13H12N4/c14-8-10-2-1-3-12(13(10)15)17-7-6-11(16-17)9-4-5-9/h1-3,6-7,9H,4-5,15H2. The molecule has 0 aliphatic heterocycles. The molecule has 0 saturated heterocycles. The van der Waals surface area contributed by atoms with E-state index >= 15 is 0 Å². The van der Waals surface area contributed by atoms with E-state index in [4.69, 9.17) is 11.0 Å². The van der Waals surface area contributed by atoms with Gasteiger partial charge in [-0.15, -0.1) is 0 Å². The van der Waals surface area contributed by atoms with Crippen LogP contribution in [0, 0.1) is 11.3 Å². The molecular weight excluding hydrogens is 212 g/mol. The average Bonchev–Trinajstić information content (AvgIpc) is 3.08. The average molecular weight is 224 g/mol. The topological polar surface area (TPSA) is 67.6 Å². The summed E-state index contributed by atoms with van der Waals surface area (Å²) in [4.78, 5) is 0. The van der Waals surface area contributed by atoms with Gasteiger partial charge in [-0.2, -0.15) is 10.4 Å². The molecule has 3 rings (SSSR count). The molecule has 0 amide bonds. The minimum atomic E-state index is 0.487. The van der Waals surface area contributed by atoms with Crippen molar-refractivity contribution in [3.63, 3.8) is 0 Å². The van der Waals surface area contributed by atoms with Crippen molar-refractivity contribution in [2.45, 2.75) is 18.8 Å². The lowest BCUT2D eigenvalue weighted by molar-refractivity contribution is 0.839. The zero-order valence-electron chi connectivity index (χ0n) is 9.30. The van der Waals surface area contributed by atoms with E-state index in [1.54, 1.807) is 10.7 Å². The maximum absolute atomic E-state index is 8.93. The predicted octanol–water partition coefficient (Wildman–Crippen LogP) is 2.20. The molecule has 0 spiro atoms. The Hall–Kier alpha value is -2.28. The van der Waals surface area contributed by atoms with Crippen LogP contribution in [0.2, 0.25) is 0 Å². The van der Waals surface area contributed by atoms with Crippen LogP contribution in [-0.2, 0) is 0 Å². The highest BCUT2D eigenvalue weighted by Gasteiger charge is 2.26. The van der Waals surface area contributed by atoms with E-state index in [-0.39, 0.29) is 0 Å². The summed E-state index contributed by atoms with van der Waals surface area (Å²) in [6.45, 7) is 0. The summed E-state index contributed by atoms with van der Waals surface area (Å²) in [6, 6.07) is 9.51. The maximum atomic E-state index is 8.93. The minimum absolute atomic E-state index is 0.487. The van der Waals surface area contributed by atoms with Gasteiger partial charge in [-0.25, -0.2) is 4.68 Å². The Morgan fingerprint density at radius 3 is 2.88 bits per heavy atom. The van der Waals surface area contributed by atoms with E-state index in [0.717, 1.165) is 11.4 Å². The highest BCUT2D eigenvalue weighted by Crippen LogP contribution is 2.39. The van der Waals surface area contributed by atoms with Crippen LogP contribution >= 0.6 is 0 Å². The molecule has 0 radical (unpaired) electrons. The summed E-state index contributed by atoms with van der Waals surface area (Å²) >= 11 is 0. The summed E-state index contributed by atoms with van der Waals surface area (Å²) in [5.74, 6) is 0.622. The Bertz CT molecular complexity index is 602. The van der Waals surface area contributed by atoms with Crippen LogP contribution in [0.15, 0.2) is 30.5 Å². The van der Waals surface area contributed by atoms with Gasteiger partial charge in [0.15, 0.2) is 0 Å². The van der Waals surface area contributed by atoms with Gasteiger partial charge in [-0.1, -0.05) is 6.07 Å². The Labute approximate surface area is 99.3 Å². The van der Waals surface area contributed by atoms with Crippen LogP contribution in [-0.4, -0.2) is 9.78 Å². The number of nitrogen functional groups attached to an aromatic ring is 1. The Morgan fingerprint density at radius 2 is 2.18 bits per heavy atom. The molecule has 84 valence electrons. The van der Waals surface area contributed by atoms with Crippen molar-refractivity contribution in [1.82, 2.24) is 9.78 Å². The molecule has 1 aromatic heterocycles. The summed E-state index contributed by atoms with van der Waals surface area (Å²) in [5.41, 5.74) is 8.81. The molecule has 1 heterocycles. The van der Waals surface area contributed by atoms with Crippen molar-refractivity contribution in [1.29, 1.82) is 5.26 Å². The van der Waals surface area contributed by atoms with Crippen LogP contribution in [0.5, 0.6) is 0 Å². The van der Waals surface area contributed by atoms with Crippen LogP contribution in [0.4, 0.5) is 5.69 Å². The van der Waals surface area contributed by atoms with E-state index in [1.807, 2.05) is 24.4 Å². The highest BCUT2D eigenvalue weighted by atomic mass is 15.3. The lowest BCUT2D eigenvalue weighted by Crippen LogP contribution is -2.02. The van der Waals surface area contributed by atoms with Gasteiger partial charge in [-0.05, 0) is 31.0 Å². The van der Waals surface area contributed by atoms with Gasteiger partial charge in [0.1, 0.15) is 6.07 Å². The first kappa shape index (κ1) is 9.91. The molecule has 1 aliphatic carbocycles. The molecule has 17 heavy (non-hydrogen) atoms. The van der Waals surface area contributed by atoms with Crippen LogP contribution in [0.3, 0.4) is 0 Å². The van der Waals surface area contributed by atoms with Crippen LogP contribution < -0.4 is 5.73 Å². The number of hydrogen-bond donors (Lipinski definition) is 1. The fourth-order valence-corrected chi connectivity index (χ4v) is 1.92. The van der Waals surface area contributed by atoms with Crippen LogP contribution in [0.1, 0.15) is 30.0 Å². The number of para-hydroxylation sites is 1. The number of anilines is 1. The molecule has 0 atom stereocenters. The minimum Gasteiger partial charge on any atom is -0.396 e. The number of rotatable bonds is 2. The zero-order chi connectivity index (χ0) is 11.8. The number of nitrogens with zero attached hydrogens (tertiary/aromatic N) is 3. The molecule has 1 aliphatic rings. The van der Waals surface area contributed by atoms with E-state index in [0.29, 0.717) is 17.2 Å². The molecular formula is C13H12N4. The second kappa shape index (κ2) is 3.63. The number of nitriles is 1. The summed E-state index contributed by atoms with van der Waals surface area (Å²) < 4.78 is 1.75. The van der Waals surface area contributed by atoms with E-state index < -0.39 is 0 Å². The molecule has 2 aromatic rings. The van der Waals surface area contributed by atoms with Gasteiger partial charge in [0.2, 0.25) is 0 Å². The summed E-state index contributed by atoms with van der Waals surface area (Å²) in [6.07, 6.45) is 4.36. The smallest absolute Gasteiger partial charge is 0.101 e. The third-order valence-electron chi connectivity index (χ3n) is 3.06. The van der Waals surface area contributed by atoms with E-state index in [9.17, 15) is 0 Å². The first-order valence-electron chi connectivity index (χ1n) is 5.64. The fourth-order valence-electron chi connectivity index (χ4n) is 1.92. The maximum Gasteiger partial charge on any atom is 0.101 e. The van der Waals surface area contributed by atoms with Crippen molar-refractivity contribution in [2.75, 3.05) is 5.73 Å². The van der Waals surface area contributed by atoms with Gasteiger partial charge < -0.3 is 5.73 Å². The number of aromatic nitrogens is 2. The normalized spacial score (nSPS) is 14.5. The fraction of sp³-hybridized carbons (Fsp3) is 0.231. The lowest BCUT2D eigenvalue weighted by Gasteiger charge is -2.06. The van der Waals surface area contributed by atoms with Crippen molar-refractivity contribution in [3.8, 4) is 11.8 Å². The van der Waals surface area contributed by atoms with Gasteiger partial charge in [0.25, 0.3) is 0 Å². The van der Waals surface area contributed by atoms with Crippen LogP contribution in [0.25, 0.3) is 5.69 Å². The quantitative estimate of drug-likeness (QED) is 0.795. The Morgan fingerprint density at radius 1 is 1.35 bits per heavy atom. The second-order valence-corrected chi connectivity index (χ2v) is 4.31. The SMILES string of the molecule is N#Cc1cccc(-n2ccc(C3CC3)n2)c1N. The lowest BCUT2D eigenvalue weighted by atomic mass is 10.1. The molecule has 0 unspecified atom stereocenters. The molecule has 0 bridgehead atoms. The zero-order valence-corrected chi connectivity index (χ0v) is 9.30. The largest absolute Gasteiger partial charge is 0.396 e. The van der Waals surface area contributed by atoms with E-state index in [2.05, 4.69) is 11.2 Å². The molecule has 4 heteroatoms. The molecule has 2 N–H and O–H groups in total. The van der Waals surface area contributed by atoms with Crippen molar-refractivity contribution < 1.29 is 0 Å². The highest BCUT2D eigenvalue weighted by molar-refractivity contribution is 5.66. The first-order valence-corrected chi connectivity index (χ1v) is 5.64. The van der Waals surface area contributed by atoms with Crippen molar-refractivity contribution >= 4 is 5.69 Å². The molecule has 1 fully saturated rings. The summed E-state index contributed by atoms with van der Waals surface area (Å²) in [5, 5.41) is 13.4. The number of hydrogen-bond acceptors (Lipinski definition) is 3. The van der Waals surface area contributed by atoms with Gasteiger partial charge in [0.05, 0.1) is 22.6 Å². The second-order valence-electron chi connectivity index (χ2n) is 4.31.